The van der Waals surface area contributed by atoms with E-state index in [0.717, 1.165) is 55.3 Å². The van der Waals surface area contributed by atoms with Crippen molar-refractivity contribution in [2.75, 3.05) is 0 Å². The highest BCUT2D eigenvalue weighted by molar-refractivity contribution is 6.11. The van der Waals surface area contributed by atoms with Gasteiger partial charge in [-0.3, -0.25) is 0 Å². The molecule has 0 aliphatic heterocycles. The molecule has 0 aliphatic rings. The molecule has 4 heteroatoms. The van der Waals surface area contributed by atoms with E-state index < -0.39 is 0 Å². The third-order valence-corrected chi connectivity index (χ3v) is 6.88. The van der Waals surface area contributed by atoms with Gasteiger partial charge in [-0.1, -0.05) is 121 Å². The van der Waals surface area contributed by atoms with Gasteiger partial charge in [-0.2, -0.15) is 0 Å². The molecular weight excluding hydrogens is 466 g/mol. The van der Waals surface area contributed by atoms with Gasteiger partial charge >= 0.3 is 0 Å². The molecule has 2 aromatic heterocycles. The first-order chi connectivity index (χ1) is 18.8. The zero-order valence-electron chi connectivity index (χ0n) is 20.8. The van der Waals surface area contributed by atoms with E-state index in [-0.39, 0.29) is 0 Å². The lowest BCUT2D eigenvalue weighted by Crippen LogP contribution is -2.01. The van der Waals surface area contributed by atoms with E-state index in [1.807, 2.05) is 72.8 Å². The zero-order chi connectivity index (χ0) is 25.5. The molecule has 38 heavy (non-hydrogen) atoms. The van der Waals surface area contributed by atoms with Gasteiger partial charge in [0.15, 0.2) is 17.5 Å². The number of hydrogen-bond donors (Lipinski definition) is 0. The normalized spacial score (nSPS) is 11.3. The van der Waals surface area contributed by atoms with Crippen molar-refractivity contribution < 1.29 is 4.42 Å². The molecule has 0 spiro atoms. The quantitative estimate of drug-likeness (QED) is 0.248. The predicted octanol–water partition coefficient (Wildman–Crippen LogP) is 8.75. The van der Waals surface area contributed by atoms with Gasteiger partial charge < -0.3 is 4.42 Å². The molecule has 7 aromatic rings. The molecule has 7 rings (SSSR count). The Balaban J connectivity index is 1.48. The van der Waals surface area contributed by atoms with E-state index in [0.29, 0.717) is 17.5 Å². The number of rotatable bonds is 4. The van der Waals surface area contributed by atoms with Crippen LogP contribution in [0.15, 0.2) is 126 Å². The lowest BCUT2D eigenvalue weighted by Gasteiger charge is -2.12. The molecule has 5 aromatic carbocycles. The van der Waals surface area contributed by atoms with Gasteiger partial charge in [-0.05, 0) is 18.1 Å². The SMILES string of the molecule is Cc1cccc2c1oc1c(-c3ccccc3-c3nc(-c4ccccc4)nc(-c4ccccc4)n3)cccc12. The van der Waals surface area contributed by atoms with Gasteiger partial charge in [-0.15, -0.1) is 0 Å². The summed E-state index contributed by atoms with van der Waals surface area (Å²) < 4.78 is 6.49. The highest BCUT2D eigenvalue weighted by Crippen LogP contribution is 2.40. The summed E-state index contributed by atoms with van der Waals surface area (Å²) in [5.41, 5.74) is 7.75. The maximum atomic E-state index is 6.49. The number of hydrogen-bond acceptors (Lipinski definition) is 4. The van der Waals surface area contributed by atoms with Crippen LogP contribution in [0, 0.1) is 6.92 Å². The van der Waals surface area contributed by atoms with Gasteiger partial charge in [0.05, 0.1) is 0 Å². The third-order valence-electron chi connectivity index (χ3n) is 6.88. The number of benzene rings is 5. The smallest absolute Gasteiger partial charge is 0.164 e. The average Bonchev–Trinajstić information content (AvgIpc) is 3.38. The van der Waals surface area contributed by atoms with Crippen molar-refractivity contribution in [1.82, 2.24) is 15.0 Å². The molecule has 0 aliphatic carbocycles. The van der Waals surface area contributed by atoms with Crippen LogP contribution in [-0.2, 0) is 0 Å². The molecule has 0 bridgehead atoms. The number of furan rings is 1. The van der Waals surface area contributed by atoms with E-state index in [2.05, 4.69) is 55.5 Å². The third kappa shape index (κ3) is 3.75. The van der Waals surface area contributed by atoms with E-state index in [4.69, 9.17) is 19.4 Å². The van der Waals surface area contributed by atoms with Gasteiger partial charge in [0.25, 0.3) is 0 Å². The maximum absolute atomic E-state index is 6.49. The van der Waals surface area contributed by atoms with Crippen molar-refractivity contribution >= 4 is 21.9 Å². The average molecular weight is 490 g/mol. The molecule has 0 amide bonds. The van der Waals surface area contributed by atoms with Crippen molar-refractivity contribution in [3.63, 3.8) is 0 Å². The van der Waals surface area contributed by atoms with Gasteiger partial charge in [-0.25, -0.2) is 15.0 Å². The fraction of sp³-hybridized carbons (Fsp3) is 0.0294. The van der Waals surface area contributed by atoms with Crippen molar-refractivity contribution in [3.05, 3.63) is 127 Å². The minimum Gasteiger partial charge on any atom is -0.455 e. The van der Waals surface area contributed by atoms with Crippen molar-refractivity contribution in [2.45, 2.75) is 6.92 Å². The number of aryl methyl sites for hydroxylation is 1. The van der Waals surface area contributed by atoms with Crippen LogP contribution >= 0.6 is 0 Å². The molecule has 0 saturated carbocycles. The summed E-state index contributed by atoms with van der Waals surface area (Å²) in [6.07, 6.45) is 0. The second kappa shape index (κ2) is 9.09. The first-order valence-electron chi connectivity index (χ1n) is 12.6. The second-order valence-corrected chi connectivity index (χ2v) is 9.32. The summed E-state index contributed by atoms with van der Waals surface area (Å²) in [6.45, 7) is 2.08. The van der Waals surface area contributed by atoms with Crippen LogP contribution in [0.4, 0.5) is 0 Å². The Morgan fingerprint density at radius 2 is 0.921 bits per heavy atom. The summed E-state index contributed by atoms with van der Waals surface area (Å²) in [5.74, 6) is 1.90. The standard InChI is InChI=1S/C34H23N3O/c1-22-12-10-19-27-28-21-11-20-26(31(28)38-30(22)27)25-17-8-9-18-29(25)34-36-32(23-13-4-2-5-14-23)35-33(37-34)24-15-6-3-7-16-24/h2-21H,1H3. The molecule has 0 saturated heterocycles. The summed E-state index contributed by atoms with van der Waals surface area (Å²) in [7, 11) is 0. The Morgan fingerprint density at radius 3 is 1.58 bits per heavy atom. The maximum Gasteiger partial charge on any atom is 0.164 e. The van der Waals surface area contributed by atoms with Crippen LogP contribution in [0.1, 0.15) is 5.56 Å². The summed E-state index contributed by atoms with van der Waals surface area (Å²) in [5, 5.41) is 2.22. The van der Waals surface area contributed by atoms with Crippen molar-refractivity contribution in [3.8, 4) is 45.3 Å². The van der Waals surface area contributed by atoms with Crippen molar-refractivity contribution in [2.24, 2.45) is 0 Å². The molecule has 0 atom stereocenters. The minimum atomic E-state index is 0.623. The van der Waals surface area contributed by atoms with Crippen LogP contribution in [0.25, 0.3) is 67.2 Å². The lowest BCUT2D eigenvalue weighted by molar-refractivity contribution is 0.667. The monoisotopic (exact) mass is 489 g/mol. The molecule has 2 heterocycles. The van der Waals surface area contributed by atoms with Crippen molar-refractivity contribution in [1.29, 1.82) is 0 Å². The van der Waals surface area contributed by atoms with E-state index in [1.165, 1.54) is 0 Å². The number of aromatic nitrogens is 3. The molecule has 0 fully saturated rings. The zero-order valence-corrected chi connectivity index (χ0v) is 20.8. The number of para-hydroxylation sites is 2. The van der Waals surface area contributed by atoms with Crippen LogP contribution in [-0.4, -0.2) is 15.0 Å². The second-order valence-electron chi connectivity index (χ2n) is 9.32. The van der Waals surface area contributed by atoms with Gasteiger partial charge in [0.1, 0.15) is 11.2 Å². The van der Waals surface area contributed by atoms with E-state index >= 15 is 0 Å². The first kappa shape index (κ1) is 22.1. The fourth-order valence-corrected chi connectivity index (χ4v) is 5.02. The van der Waals surface area contributed by atoms with Crippen LogP contribution in [0.3, 0.4) is 0 Å². The summed E-state index contributed by atoms with van der Waals surface area (Å²) in [4.78, 5) is 14.8. The molecule has 0 N–H and O–H groups in total. The molecular formula is C34H23N3O. The fourth-order valence-electron chi connectivity index (χ4n) is 5.02. The number of fused-ring (bicyclic) bond motifs is 3. The topological polar surface area (TPSA) is 51.8 Å². The van der Waals surface area contributed by atoms with E-state index in [9.17, 15) is 0 Å². The minimum absolute atomic E-state index is 0.623. The van der Waals surface area contributed by atoms with E-state index in [1.54, 1.807) is 0 Å². The molecule has 180 valence electrons. The highest BCUT2D eigenvalue weighted by atomic mass is 16.3. The number of nitrogens with zero attached hydrogens (tertiary/aromatic N) is 3. The first-order valence-corrected chi connectivity index (χ1v) is 12.6. The van der Waals surface area contributed by atoms with Gasteiger partial charge in [0, 0.05) is 33.0 Å². The van der Waals surface area contributed by atoms with Crippen LogP contribution in [0.5, 0.6) is 0 Å². The Morgan fingerprint density at radius 1 is 0.421 bits per heavy atom. The molecule has 0 radical (unpaired) electrons. The highest BCUT2D eigenvalue weighted by Gasteiger charge is 2.19. The Hall–Kier alpha value is -5.09. The van der Waals surface area contributed by atoms with Crippen LogP contribution in [0.2, 0.25) is 0 Å². The Bertz CT molecular complexity index is 1870. The van der Waals surface area contributed by atoms with Gasteiger partial charge in [0.2, 0.25) is 0 Å². The largest absolute Gasteiger partial charge is 0.455 e. The molecule has 4 nitrogen and oxygen atoms in total. The Kier molecular flexibility index (Phi) is 5.30. The predicted molar refractivity (Wildman–Crippen MR) is 154 cm³/mol. The Labute approximate surface area is 220 Å². The summed E-state index contributed by atoms with van der Waals surface area (Å²) in [6, 6.07) is 40.9. The van der Waals surface area contributed by atoms with Crippen LogP contribution < -0.4 is 0 Å². The molecule has 0 unspecified atom stereocenters. The summed E-state index contributed by atoms with van der Waals surface area (Å²) >= 11 is 0. The lowest BCUT2D eigenvalue weighted by atomic mass is 9.97.